The van der Waals surface area contributed by atoms with Crippen LogP contribution in [0.25, 0.3) is 11.0 Å². The van der Waals surface area contributed by atoms with Crippen molar-refractivity contribution in [1.29, 1.82) is 0 Å². The number of furan rings is 1. The molecule has 2 nitrogen and oxygen atoms in total. The van der Waals surface area contributed by atoms with Crippen LogP contribution in [0.4, 0.5) is 0 Å². The third kappa shape index (κ3) is 2.18. The van der Waals surface area contributed by atoms with Crippen LogP contribution in [-0.4, -0.2) is 6.04 Å². The number of para-hydroxylation sites is 1. The monoisotopic (exact) mass is 255 g/mol. The maximum absolute atomic E-state index is 5.84. The quantitative estimate of drug-likeness (QED) is 0.873. The molecule has 100 valence electrons. The molecule has 0 bridgehead atoms. The van der Waals surface area contributed by atoms with Gasteiger partial charge in [0.05, 0.1) is 0 Å². The van der Waals surface area contributed by atoms with Crippen LogP contribution < -0.4 is 5.32 Å². The predicted octanol–water partition coefficient (Wildman–Crippen LogP) is 4.02. The number of aryl methyl sites for hydroxylation is 1. The van der Waals surface area contributed by atoms with Crippen LogP contribution in [0.3, 0.4) is 0 Å². The highest BCUT2D eigenvalue weighted by Crippen LogP contribution is 2.44. The van der Waals surface area contributed by atoms with E-state index in [1.807, 2.05) is 6.07 Å². The second-order valence-corrected chi connectivity index (χ2v) is 6.21. The minimum absolute atomic E-state index is 0.757. The number of fused-ring (bicyclic) bond motifs is 1. The Labute approximate surface area is 114 Å². The molecule has 1 N–H and O–H groups in total. The number of rotatable bonds is 5. The average molecular weight is 255 g/mol. The van der Waals surface area contributed by atoms with Gasteiger partial charge in [0.1, 0.15) is 11.3 Å². The van der Waals surface area contributed by atoms with Crippen molar-refractivity contribution in [3.63, 3.8) is 0 Å². The molecule has 19 heavy (non-hydrogen) atoms. The molecule has 1 aromatic carbocycles. The van der Waals surface area contributed by atoms with Crippen LogP contribution in [0.2, 0.25) is 0 Å². The van der Waals surface area contributed by atoms with Gasteiger partial charge in [0, 0.05) is 23.5 Å². The van der Waals surface area contributed by atoms with Crippen molar-refractivity contribution in [2.75, 3.05) is 0 Å². The summed E-state index contributed by atoms with van der Waals surface area (Å²) in [5.41, 5.74) is 2.37. The fraction of sp³-hybridized carbons (Fsp3) is 0.529. The van der Waals surface area contributed by atoms with E-state index in [1.54, 1.807) is 0 Å². The molecule has 2 saturated carbocycles. The topological polar surface area (TPSA) is 25.2 Å². The lowest BCUT2D eigenvalue weighted by atomic mass is 10.1. The van der Waals surface area contributed by atoms with Crippen molar-refractivity contribution in [3.8, 4) is 0 Å². The Morgan fingerprint density at radius 2 is 1.84 bits per heavy atom. The van der Waals surface area contributed by atoms with Gasteiger partial charge < -0.3 is 9.73 Å². The Hall–Kier alpha value is -1.28. The van der Waals surface area contributed by atoms with E-state index in [0.717, 1.165) is 35.8 Å². The standard InChI is InChI=1S/C17H21NO/c1-11-15(14-4-2-3-5-16(14)19-11)10-18-17(12-6-7-12)13-8-9-13/h2-5,12-13,17-18H,6-10H2,1H3. The van der Waals surface area contributed by atoms with Crippen LogP contribution in [0.1, 0.15) is 37.0 Å². The lowest BCUT2D eigenvalue weighted by Gasteiger charge is -2.17. The Morgan fingerprint density at radius 3 is 2.53 bits per heavy atom. The van der Waals surface area contributed by atoms with Crippen molar-refractivity contribution >= 4 is 11.0 Å². The smallest absolute Gasteiger partial charge is 0.134 e. The van der Waals surface area contributed by atoms with E-state index < -0.39 is 0 Å². The minimum Gasteiger partial charge on any atom is -0.461 e. The van der Waals surface area contributed by atoms with Crippen molar-refractivity contribution in [1.82, 2.24) is 5.32 Å². The van der Waals surface area contributed by atoms with E-state index in [4.69, 9.17) is 4.42 Å². The van der Waals surface area contributed by atoms with E-state index in [1.165, 1.54) is 36.6 Å². The van der Waals surface area contributed by atoms with Gasteiger partial charge in [-0.3, -0.25) is 0 Å². The van der Waals surface area contributed by atoms with Crippen LogP contribution in [0.15, 0.2) is 28.7 Å². The minimum atomic E-state index is 0.757. The summed E-state index contributed by atoms with van der Waals surface area (Å²) < 4.78 is 5.84. The molecule has 1 heterocycles. The van der Waals surface area contributed by atoms with Gasteiger partial charge in [-0.2, -0.15) is 0 Å². The molecule has 2 fully saturated rings. The van der Waals surface area contributed by atoms with Crippen LogP contribution in [0.5, 0.6) is 0 Å². The first-order chi connectivity index (χ1) is 9.33. The molecule has 2 aliphatic rings. The lowest BCUT2D eigenvalue weighted by Crippen LogP contribution is -2.32. The normalized spacial score (nSPS) is 19.5. The third-order valence-corrected chi connectivity index (χ3v) is 4.67. The highest BCUT2D eigenvalue weighted by molar-refractivity contribution is 5.82. The van der Waals surface area contributed by atoms with E-state index in [0.29, 0.717) is 0 Å². The summed E-state index contributed by atoms with van der Waals surface area (Å²) in [7, 11) is 0. The number of benzene rings is 1. The first kappa shape index (κ1) is 11.5. The molecular weight excluding hydrogens is 234 g/mol. The Morgan fingerprint density at radius 1 is 1.16 bits per heavy atom. The molecule has 2 aliphatic carbocycles. The van der Waals surface area contributed by atoms with Gasteiger partial charge >= 0.3 is 0 Å². The van der Waals surface area contributed by atoms with Gasteiger partial charge in [0.15, 0.2) is 0 Å². The second-order valence-electron chi connectivity index (χ2n) is 6.21. The predicted molar refractivity (Wildman–Crippen MR) is 77.0 cm³/mol. The van der Waals surface area contributed by atoms with Gasteiger partial charge in [-0.05, 0) is 50.5 Å². The van der Waals surface area contributed by atoms with Crippen LogP contribution in [-0.2, 0) is 6.54 Å². The first-order valence-electron chi connectivity index (χ1n) is 7.53. The van der Waals surface area contributed by atoms with Crippen molar-refractivity contribution in [2.24, 2.45) is 11.8 Å². The zero-order valence-electron chi connectivity index (χ0n) is 11.5. The van der Waals surface area contributed by atoms with Gasteiger partial charge in [0.2, 0.25) is 0 Å². The summed E-state index contributed by atoms with van der Waals surface area (Å²) >= 11 is 0. The average Bonchev–Trinajstić information content (AvgIpc) is 3.30. The highest BCUT2D eigenvalue weighted by atomic mass is 16.3. The molecule has 0 atom stereocenters. The van der Waals surface area contributed by atoms with Crippen molar-refractivity contribution < 1.29 is 4.42 Å². The van der Waals surface area contributed by atoms with Crippen molar-refractivity contribution in [3.05, 3.63) is 35.6 Å². The van der Waals surface area contributed by atoms with E-state index in [9.17, 15) is 0 Å². The molecule has 0 unspecified atom stereocenters. The fourth-order valence-electron chi connectivity index (χ4n) is 3.29. The van der Waals surface area contributed by atoms with Crippen molar-refractivity contribution in [2.45, 2.75) is 45.2 Å². The SMILES string of the molecule is Cc1oc2ccccc2c1CNC(C1CC1)C1CC1. The van der Waals surface area contributed by atoms with Crippen LogP contribution >= 0.6 is 0 Å². The summed E-state index contributed by atoms with van der Waals surface area (Å²) in [4.78, 5) is 0. The molecule has 0 spiro atoms. The molecule has 2 aromatic rings. The van der Waals surface area contributed by atoms with Gasteiger partial charge in [-0.25, -0.2) is 0 Å². The fourth-order valence-corrected chi connectivity index (χ4v) is 3.29. The number of nitrogens with one attached hydrogen (secondary N) is 1. The van der Waals surface area contributed by atoms with Gasteiger partial charge in [0.25, 0.3) is 0 Å². The molecule has 0 saturated heterocycles. The number of hydrogen-bond donors (Lipinski definition) is 1. The second kappa shape index (κ2) is 4.38. The molecule has 0 amide bonds. The lowest BCUT2D eigenvalue weighted by molar-refractivity contribution is 0.414. The Balaban J connectivity index is 1.55. The van der Waals surface area contributed by atoms with Gasteiger partial charge in [-0.15, -0.1) is 0 Å². The molecule has 1 aromatic heterocycles. The summed E-state index contributed by atoms with van der Waals surface area (Å²) in [5, 5.41) is 5.09. The maximum atomic E-state index is 5.84. The maximum Gasteiger partial charge on any atom is 0.134 e. The molecule has 0 aliphatic heterocycles. The highest BCUT2D eigenvalue weighted by Gasteiger charge is 2.41. The Bertz CT molecular complexity index is 580. The van der Waals surface area contributed by atoms with Crippen LogP contribution in [0, 0.1) is 18.8 Å². The Kier molecular flexibility index (Phi) is 2.66. The van der Waals surface area contributed by atoms with E-state index >= 15 is 0 Å². The van der Waals surface area contributed by atoms with E-state index in [2.05, 4.69) is 30.4 Å². The zero-order valence-corrected chi connectivity index (χ0v) is 11.5. The van der Waals surface area contributed by atoms with E-state index in [-0.39, 0.29) is 0 Å². The molecule has 0 radical (unpaired) electrons. The summed E-state index contributed by atoms with van der Waals surface area (Å²) in [6, 6.07) is 9.13. The molecule has 4 rings (SSSR count). The summed E-state index contributed by atoms with van der Waals surface area (Å²) in [6.45, 7) is 3.04. The first-order valence-corrected chi connectivity index (χ1v) is 7.53. The number of hydrogen-bond acceptors (Lipinski definition) is 2. The molecular formula is C17H21NO. The zero-order chi connectivity index (χ0) is 12.8. The summed E-state index contributed by atoms with van der Waals surface area (Å²) in [6.07, 6.45) is 5.72. The largest absolute Gasteiger partial charge is 0.461 e. The summed E-state index contributed by atoms with van der Waals surface area (Å²) in [5.74, 6) is 2.97. The van der Waals surface area contributed by atoms with Gasteiger partial charge in [-0.1, -0.05) is 18.2 Å². The molecule has 2 heteroatoms. The third-order valence-electron chi connectivity index (χ3n) is 4.67.